The highest BCUT2D eigenvalue weighted by Gasteiger charge is 2.56. The third kappa shape index (κ3) is 3.75. The van der Waals surface area contributed by atoms with E-state index in [4.69, 9.17) is 15.2 Å². The molecule has 5 rings (SSSR count). The monoisotopic (exact) mass is 391 g/mol. The molecule has 7 heteroatoms. The maximum Gasteiger partial charge on any atom is 0.259 e. The van der Waals surface area contributed by atoms with Crippen LogP contribution in [0.3, 0.4) is 0 Å². The van der Waals surface area contributed by atoms with Gasteiger partial charge < -0.3 is 15.2 Å². The largest absolute Gasteiger partial charge is 0.475 e. The topological polar surface area (TPSA) is 87.3 Å². The fourth-order valence-electron chi connectivity index (χ4n) is 5.94. The molecule has 1 atom stereocenters. The van der Waals surface area contributed by atoms with Crippen LogP contribution in [0.15, 0.2) is 11.2 Å². The van der Waals surface area contributed by atoms with E-state index in [-0.39, 0.29) is 17.4 Å². The number of primary amides is 1. The molecule has 1 unspecified atom stereocenters. The summed E-state index contributed by atoms with van der Waals surface area (Å²) in [5.74, 6) is 2.61. The highest BCUT2D eigenvalue weighted by atomic mass is 32.2. The first kappa shape index (κ1) is 18.8. The van der Waals surface area contributed by atoms with Crippen LogP contribution in [-0.4, -0.2) is 34.3 Å². The lowest BCUT2D eigenvalue weighted by atomic mass is 9.48. The average molecular weight is 392 g/mol. The number of carbonyl (C=O) groups excluding carboxylic acids is 1. The van der Waals surface area contributed by atoms with Crippen molar-refractivity contribution in [1.29, 1.82) is 0 Å². The molecule has 4 bridgehead atoms. The molecule has 1 aromatic rings. The summed E-state index contributed by atoms with van der Waals surface area (Å²) < 4.78 is 11.9. The van der Waals surface area contributed by atoms with Crippen molar-refractivity contribution in [3.05, 3.63) is 6.07 Å². The molecule has 1 amide bonds. The molecule has 2 N–H and O–H groups in total. The third-order valence-corrected chi connectivity index (χ3v) is 6.88. The van der Waals surface area contributed by atoms with Crippen molar-refractivity contribution < 1.29 is 14.3 Å². The quantitative estimate of drug-likeness (QED) is 0.566. The minimum absolute atomic E-state index is 0.00227. The van der Waals surface area contributed by atoms with Crippen LogP contribution in [0.4, 0.5) is 0 Å². The Bertz CT molecular complexity index is 689. The molecule has 0 saturated heterocycles. The normalized spacial score (nSPS) is 32.5. The van der Waals surface area contributed by atoms with Gasteiger partial charge in [0.15, 0.2) is 11.3 Å². The van der Waals surface area contributed by atoms with Crippen molar-refractivity contribution in [3.63, 3.8) is 0 Å². The molecule has 0 aliphatic heterocycles. The Kier molecular flexibility index (Phi) is 4.99. The number of hydrogen-bond donors (Lipinski definition) is 1. The van der Waals surface area contributed by atoms with E-state index < -0.39 is 6.10 Å². The fourth-order valence-corrected chi connectivity index (χ4v) is 6.30. The molecule has 1 heterocycles. The zero-order valence-corrected chi connectivity index (χ0v) is 17.1. The lowest BCUT2D eigenvalue weighted by Crippen LogP contribution is -2.57. The molecule has 0 radical (unpaired) electrons. The van der Waals surface area contributed by atoms with Crippen molar-refractivity contribution in [2.45, 2.75) is 69.7 Å². The van der Waals surface area contributed by atoms with Gasteiger partial charge in [-0.1, -0.05) is 11.8 Å². The van der Waals surface area contributed by atoms with Crippen LogP contribution >= 0.6 is 11.8 Å². The molecule has 4 aliphatic carbocycles. The highest BCUT2D eigenvalue weighted by molar-refractivity contribution is 7.98. The van der Waals surface area contributed by atoms with E-state index in [0.29, 0.717) is 34.7 Å². The molecule has 4 saturated carbocycles. The summed E-state index contributed by atoms with van der Waals surface area (Å²) in [5, 5.41) is 0.567. The minimum Gasteiger partial charge on any atom is -0.475 e. The summed E-state index contributed by atoms with van der Waals surface area (Å²) in [5.41, 5.74) is 5.72. The predicted octanol–water partition coefficient (Wildman–Crippen LogP) is 3.43. The number of amides is 1. The Labute approximate surface area is 165 Å². The van der Waals surface area contributed by atoms with Crippen LogP contribution in [0, 0.1) is 23.2 Å². The summed E-state index contributed by atoms with van der Waals surface area (Å²) in [6, 6.07) is 1.68. The van der Waals surface area contributed by atoms with Gasteiger partial charge in [-0.3, -0.25) is 4.79 Å². The molecule has 1 aromatic heterocycles. The Hall–Kier alpha value is -1.50. The predicted molar refractivity (Wildman–Crippen MR) is 104 cm³/mol. The third-order valence-electron chi connectivity index (χ3n) is 6.34. The molecule has 4 aliphatic rings. The fraction of sp³-hybridized carbons (Fsp3) is 0.750. The molecule has 6 nitrogen and oxygen atoms in total. The van der Waals surface area contributed by atoms with E-state index in [1.54, 1.807) is 6.07 Å². The number of aromatic nitrogens is 2. The molecular weight excluding hydrogens is 362 g/mol. The highest BCUT2D eigenvalue weighted by Crippen LogP contribution is 2.61. The van der Waals surface area contributed by atoms with Gasteiger partial charge >= 0.3 is 0 Å². The zero-order chi connectivity index (χ0) is 19.2. The number of rotatable bonds is 7. The summed E-state index contributed by atoms with van der Waals surface area (Å²) in [6.45, 7) is 3.89. The number of nitrogens with zero attached hydrogens (tertiary/aromatic N) is 2. The van der Waals surface area contributed by atoms with Gasteiger partial charge in [-0.05, 0) is 76.4 Å². The van der Waals surface area contributed by atoms with Gasteiger partial charge in [0, 0.05) is 5.41 Å². The van der Waals surface area contributed by atoms with Crippen molar-refractivity contribution in [1.82, 2.24) is 9.97 Å². The van der Waals surface area contributed by atoms with E-state index in [1.165, 1.54) is 31.0 Å². The van der Waals surface area contributed by atoms with E-state index in [1.807, 2.05) is 20.1 Å². The van der Waals surface area contributed by atoms with Crippen LogP contribution in [0.25, 0.3) is 0 Å². The van der Waals surface area contributed by atoms with E-state index in [9.17, 15) is 4.79 Å². The minimum atomic E-state index is -0.637. The van der Waals surface area contributed by atoms with Crippen LogP contribution < -0.4 is 15.2 Å². The lowest BCUT2D eigenvalue weighted by molar-refractivity contribution is -0.148. The summed E-state index contributed by atoms with van der Waals surface area (Å²) >= 11 is 1.42. The van der Waals surface area contributed by atoms with E-state index in [0.717, 1.165) is 19.3 Å². The summed E-state index contributed by atoms with van der Waals surface area (Å²) in [7, 11) is 0. The number of carbonyl (C=O) groups is 1. The second kappa shape index (κ2) is 7.15. The van der Waals surface area contributed by atoms with Crippen LogP contribution in [-0.2, 0) is 4.79 Å². The maximum absolute atomic E-state index is 12.5. The standard InChI is InChI=1S/C20H29N3O3S/c1-11(2)25-15-7-16(23-19(22-15)27-3)26-17(18(21)24)20-8-12-4-13(9-20)6-14(5-12)10-20/h7,11-14,17H,4-6,8-10H2,1-3H3,(H2,21,24). The van der Waals surface area contributed by atoms with E-state index in [2.05, 4.69) is 9.97 Å². The van der Waals surface area contributed by atoms with Gasteiger partial charge in [0.2, 0.25) is 11.8 Å². The van der Waals surface area contributed by atoms with Crippen molar-refractivity contribution >= 4 is 17.7 Å². The second-order valence-corrected chi connectivity index (χ2v) is 9.65. The number of ether oxygens (including phenoxy) is 2. The van der Waals surface area contributed by atoms with Crippen molar-refractivity contribution in [2.24, 2.45) is 28.9 Å². The first-order valence-corrected chi connectivity index (χ1v) is 11.1. The molecule has 148 valence electrons. The van der Waals surface area contributed by atoms with Gasteiger partial charge in [0.1, 0.15) is 0 Å². The molecule has 27 heavy (non-hydrogen) atoms. The van der Waals surface area contributed by atoms with Crippen molar-refractivity contribution in [2.75, 3.05) is 6.26 Å². The summed E-state index contributed by atoms with van der Waals surface area (Å²) in [6.07, 6.45) is 8.32. The van der Waals surface area contributed by atoms with E-state index >= 15 is 0 Å². The Morgan fingerprint density at radius 2 is 1.63 bits per heavy atom. The first-order chi connectivity index (χ1) is 12.9. The SMILES string of the molecule is CSc1nc(OC(C)C)cc(OC(C(N)=O)C23CC4CC(CC(C4)C2)C3)n1. The lowest BCUT2D eigenvalue weighted by Gasteiger charge is -2.58. The number of hydrogen-bond acceptors (Lipinski definition) is 6. The number of thioether (sulfide) groups is 1. The molecule has 0 spiro atoms. The zero-order valence-electron chi connectivity index (χ0n) is 16.3. The molecular formula is C20H29N3O3S. The van der Waals surface area contributed by atoms with Crippen LogP contribution in [0.5, 0.6) is 11.8 Å². The smallest absolute Gasteiger partial charge is 0.259 e. The van der Waals surface area contributed by atoms with Crippen LogP contribution in [0.2, 0.25) is 0 Å². The average Bonchev–Trinajstić information content (AvgIpc) is 2.57. The second-order valence-electron chi connectivity index (χ2n) is 8.88. The number of nitrogens with two attached hydrogens (primary N) is 1. The molecule has 0 aromatic carbocycles. The van der Waals surface area contributed by atoms with Gasteiger partial charge in [0.05, 0.1) is 12.2 Å². The van der Waals surface area contributed by atoms with Gasteiger partial charge in [-0.2, -0.15) is 9.97 Å². The molecule has 4 fully saturated rings. The Morgan fingerprint density at radius 3 is 2.07 bits per heavy atom. The van der Waals surface area contributed by atoms with Gasteiger partial charge in [-0.15, -0.1) is 0 Å². The van der Waals surface area contributed by atoms with Crippen molar-refractivity contribution in [3.8, 4) is 11.8 Å². The van der Waals surface area contributed by atoms with Crippen LogP contribution in [0.1, 0.15) is 52.4 Å². The maximum atomic E-state index is 12.5. The summed E-state index contributed by atoms with van der Waals surface area (Å²) in [4.78, 5) is 21.3. The Balaban J connectivity index is 1.62. The first-order valence-electron chi connectivity index (χ1n) is 9.92. The van der Waals surface area contributed by atoms with Gasteiger partial charge in [-0.25, -0.2) is 0 Å². The van der Waals surface area contributed by atoms with Gasteiger partial charge in [0.25, 0.3) is 5.91 Å². The Morgan fingerprint density at radius 1 is 1.11 bits per heavy atom.